The summed E-state index contributed by atoms with van der Waals surface area (Å²) >= 11 is 0. The molecular formula is C14H23N3O. The fraction of sp³-hybridized carbons (Fsp3) is 0.714. The molecule has 4 nitrogen and oxygen atoms in total. The van der Waals surface area contributed by atoms with Crippen molar-refractivity contribution >= 4 is 0 Å². The van der Waals surface area contributed by atoms with E-state index in [1.54, 1.807) is 0 Å². The van der Waals surface area contributed by atoms with Crippen LogP contribution in [0.4, 0.5) is 0 Å². The molecule has 100 valence electrons. The molecule has 0 amide bonds. The molecule has 0 saturated heterocycles. The number of H-pyrrole nitrogens is 1. The first-order valence-corrected chi connectivity index (χ1v) is 6.65. The average molecular weight is 249 g/mol. The van der Waals surface area contributed by atoms with Crippen LogP contribution in [0.2, 0.25) is 0 Å². The van der Waals surface area contributed by atoms with E-state index in [4.69, 9.17) is 0 Å². The summed E-state index contributed by atoms with van der Waals surface area (Å²) in [5.74, 6) is 0.789. The summed E-state index contributed by atoms with van der Waals surface area (Å²) in [6, 6.07) is 0.498. The highest BCUT2D eigenvalue weighted by molar-refractivity contribution is 5.22. The molecule has 0 radical (unpaired) electrons. The summed E-state index contributed by atoms with van der Waals surface area (Å²) in [5, 5.41) is 0. The largest absolute Gasteiger partial charge is 0.310 e. The third-order valence-electron chi connectivity index (χ3n) is 3.54. The van der Waals surface area contributed by atoms with Crippen LogP contribution < -0.4 is 5.56 Å². The quantitative estimate of drug-likeness (QED) is 0.826. The maximum absolute atomic E-state index is 12.1. The van der Waals surface area contributed by atoms with Gasteiger partial charge in [0.05, 0.1) is 5.69 Å². The van der Waals surface area contributed by atoms with Crippen molar-refractivity contribution < 1.29 is 0 Å². The van der Waals surface area contributed by atoms with Crippen LogP contribution in [-0.4, -0.2) is 27.5 Å². The first-order valence-electron chi connectivity index (χ1n) is 6.65. The number of aromatic amines is 1. The van der Waals surface area contributed by atoms with Crippen LogP contribution in [0.25, 0.3) is 0 Å². The molecule has 0 fully saturated rings. The molecule has 1 aliphatic heterocycles. The fourth-order valence-electron chi connectivity index (χ4n) is 2.26. The molecule has 18 heavy (non-hydrogen) atoms. The Kier molecular flexibility index (Phi) is 3.32. The first kappa shape index (κ1) is 13.3. The van der Waals surface area contributed by atoms with Gasteiger partial charge in [0.2, 0.25) is 0 Å². The molecule has 0 saturated carbocycles. The highest BCUT2D eigenvalue weighted by Gasteiger charge is 2.25. The lowest BCUT2D eigenvalue weighted by atomic mass is 9.94. The van der Waals surface area contributed by atoms with Crippen molar-refractivity contribution in [1.29, 1.82) is 0 Å². The van der Waals surface area contributed by atoms with Crippen molar-refractivity contribution in [3.63, 3.8) is 0 Å². The van der Waals surface area contributed by atoms with Crippen LogP contribution in [0.3, 0.4) is 0 Å². The molecule has 1 aromatic rings. The molecule has 1 aliphatic rings. The Hall–Kier alpha value is -1.16. The van der Waals surface area contributed by atoms with Crippen molar-refractivity contribution in [3.05, 3.63) is 27.4 Å². The van der Waals surface area contributed by atoms with E-state index in [0.29, 0.717) is 6.04 Å². The second-order valence-electron chi connectivity index (χ2n) is 6.40. The smallest absolute Gasteiger partial charge is 0.254 e. The highest BCUT2D eigenvalue weighted by atomic mass is 16.1. The number of nitrogens with one attached hydrogen (secondary N) is 1. The minimum absolute atomic E-state index is 0.0494. The molecule has 4 heteroatoms. The minimum Gasteiger partial charge on any atom is -0.310 e. The first-order chi connectivity index (χ1) is 8.29. The van der Waals surface area contributed by atoms with Crippen LogP contribution in [0.5, 0.6) is 0 Å². The topological polar surface area (TPSA) is 49.0 Å². The zero-order valence-electron chi connectivity index (χ0n) is 12.0. The van der Waals surface area contributed by atoms with Crippen LogP contribution in [0.1, 0.15) is 51.7 Å². The van der Waals surface area contributed by atoms with Gasteiger partial charge < -0.3 is 4.98 Å². The van der Waals surface area contributed by atoms with Gasteiger partial charge in [-0.25, -0.2) is 4.98 Å². The molecular weight excluding hydrogens is 226 g/mol. The SMILES string of the molecule is CC(C)N1CCc2c(nc(C(C)(C)C)[nH]c2=O)C1. The molecule has 0 spiro atoms. The van der Waals surface area contributed by atoms with E-state index in [1.807, 2.05) is 0 Å². The van der Waals surface area contributed by atoms with Gasteiger partial charge in [0.1, 0.15) is 5.82 Å². The van der Waals surface area contributed by atoms with Gasteiger partial charge in [-0.3, -0.25) is 9.69 Å². The van der Waals surface area contributed by atoms with Gasteiger partial charge in [0.25, 0.3) is 5.56 Å². The monoisotopic (exact) mass is 249 g/mol. The number of hydrogen-bond donors (Lipinski definition) is 1. The minimum atomic E-state index is -0.117. The number of aromatic nitrogens is 2. The Labute approximate surface area is 108 Å². The van der Waals surface area contributed by atoms with Crippen molar-refractivity contribution in [2.75, 3.05) is 6.54 Å². The molecule has 1 aromatic heterocycles. The van der Waals surface area contributed by atoms with Gasteiger partial charge in [0, 0.05) is 30.1 Å². The maximum Gasteiger partial charge on any atom is 0.254 e. The van der Waals surface area contributed by atoms with E-state index in [2.05, 4.69) is 49.5 Å². The van der Waals surface area contributed by atoms with Gasteiger partial charge in [0.15, 0.2) is 0 Å². The lowest BCUT2D eigenvalue weighted by Crippen LogP contribution is -2.40. The molecule has 0 bridgehead atoms. The lowest BCUT2D eigenvalue weighted by Gasteiger charge is -2.31. The van der Waals surface area contributed by atoms with Crippen LogP contribution in [0, 0.1) is 0 Å². The van der Waals surface area contributed by atoms with Gasteiger partial charge in [-0.2, -0.15) is 0 Å². The molecule has 0 aromatic carbocycles. The summed E-state index contributed by atoms with van der Waals surface area (Å²) in [6.45, 7) is 12.3. The molecule has 1 N–H and O–H groups in total. The number of hydrogen-bond acceptors (Lipinski definition) is 3. The second kappa shape index (κ2) is 4.50. The van der Waals surface area contributed by atoms with Gasteiger partial charge in [-0.15, -0.1) is 0 Å². The Bertz CT molecular complexity index is 497. The predicted molar refractivity (Wildman–Crippen MR) is 72.8 cm³/mol. The Morgan fingerprint density at radius 3 is 2.56 bits per heavy atom. The average Bonchev–Trinajstić information content (AvgIpc) is 2.26. The van der Waals surface area contributed by atoms with E-state index < -0.39 is 0 Å². The van der Waals surface area contributed by atoms with E-state index in [-0.39, 0.29) is 11.0 Å². The normalized spacial score (nSPS) is 17.0. The number of nitrogens with zero attached hydrogens (tertiary/aromatic N) is 2. The zero-order valence-corrected chi connectivity index (χ0v) is 12.0. The van der Waals surface area contributed by atoms with Crippen LogP contribution >= 0.6 is 0 Å². The second-order valence-corrected chi connectivity index (χ2v) is 6.40. The Balaban J connectivity index is 2.43. The van der Waals surface area contributed by atoms with Crippen LogP contribution in [0.15, 0.2) is 4.79 Å². The molecule has 0 unspecified atom stereocenters. The predicted octanol–water partition coefficient (Wildman–Crippen LogP) is 1.83. The standard InChI is InChI=1S/C14H23N3O/c1-9(2)17-7-6-10-11(8-17)15-13(14(3,4)5)16-12(10)18/h9H,6-8H2,1-5H3,(H,15,16,18). The number of fused-ring (bicyclic) bond motifs is 1. The van der Waals surface area contributed by atoms with E-state index >= 15 is 0 Å². The van der Waals surface area contributed by atoms with Gasteiger partial charge >= 0.3 is 0 Å². The maximum atomic E-state index is 12.1. The highest BCUT2D eigenvalue weighted by Crippen LogP contribution is 2.21. The van der Waals surface area contributed by atoms with Crippen molar-refractivity contribution in [3.8, 4) is 0 Å². The van der Waals surface area contributed by atoms with E-state index in [9.17, 15) is 4.79 Å². The molecule has 0 atom stereocenters. The zero-order chi connectivity index (χ0) is 13.5. The van der Waals surface area contributed by atoms with Crippen LogP contribution in [-0.2, 0) is 18.4 Å². The summed E-state index contributed by atoms with van der Waals surface area (Å²) in [6.07, 6.45) is 0.806. The summed E-state index contributed by atoms with van der Waals surface area (Å²) in [7, 11) is 0. The Morgan fingerprint density at radius 2 is 2.00 bits per heavy atom. The third kappa shape index (κ3) is 2.48. The van der Waals surface area contributed by atoms with Crippen molar-refractivity contribution in [2.45, 2.75) is 59.0 Å². The summed E-state index contributed by atoms with van der Waals surface area (Å²) in [4.78, 5) is 22.1. The fourth-order valence-corrected chi connectivity index (χ4v) is 2.26. The lowest BCUT2D eigenvalue weighted by molar-refractivity contribution is 0.198. The molecule has 0 aliphatic carbocycles. The third-order valence-corrected chi connectivity index (χ3v) is 3.54. The summed E-state index contributed by atoms with van der Waals surface area (Å²) < 4.78 is 0. The van der Waals surface area contributed by atoms with Gasteiger partial charge in [-0.05, 0) is 20.3 Å². The van der Waals surface area contributed by atoms with Crippen molar-refractivity contribution in [2.24, 2.45) is 0 Å². The number of rotatable bonds is 1. The molecule has 2 rings (SSSR count). The van der Waals surface area contributed by atoms with Gasteiger partial charge in [-0.1, -0.05) is 20.8 Å². The van der Waals surface area contributed by atoms with Crippen molar-refractivity contribution in [1.82, 2.24) is 14.9 Å². The van der Waals surface area contributed by atoms with E-state index in [0.717, 1.165) is 36.6 Å². The molecule has 2 heterocycles. The van der Waals surface area contributed by atoms with E-state index in [1.165, 1.54) is 0 Å². The Morgan fingerprint density at radius 1 is 1.33 bits per heavy atom. The summed E-state index contributed by atoms with van der Waals surface area (Å²) in [5.41, 5.74) is 1.77.